The van der Waals surface area contributed by atoms with E-state index < -0.39 is 23.7 Å². The Kier molecular flexibility index (Phi) is 5.75. The lowest BCUT2D eigenvalue weighted by Gasteiger charge is -2.29. The van der Waals surface area contributed by atoms with Gasteiger partial charge in [-0.2, -0.15) is 0 Å². The molecule has 1 fully saturated rings. The van der Waals surface area contributed by atoms with Gasteiger partial charge in [0.2, 0.25) is 0 Å². The average molecular weight is 354 g/mol. The molecule has 2 rings (SSSR count). The topological polar surface area (TPSA) is 55.8 Å². The van der Waals surface area contributed by atoms with Gasteiger partial charge in [0.05, 0.1) is 6.61 Å². The normalized spacial score (nSPS) is 20.8. The van der Waals surface area contributed by atoms with Crippen molar-refractivity contribution in [3.05, 3.63) is 34.9 Å². The molecule has 6 heteroatoms. The van der Waals surface area contributed by atoms with Crippen molar-refractivity contribution in [3.63, 3.8) is 0 Å². The number of carbonyl (C=O) groups excluding carboxylic acids is 2. The van der Waals surface area contributed by atoms with Gasteiger partial charge in [0.1, 0.15) is 11.6 Å². The summed E-state index contributed by atoms with van der Waals surface area (Å²) in [6, 6.07) is 6.67. The predicted molar refractivity (Wildman–Crippen MR) is 92.2 cm³/mol. The maximum Gasteiger partial charge on any atom is 0.411 e. The van der Waals surface area contributed by atoms with Crippen molar-refractivity contribution in [2.45, 2.75) is 51.7 Å². The van der Waals surface area contributed by atoms with E-state index in [4.69, 9.17) is 21.1 Å². The summed E-state index contributed by atoms with van der Waals surface area (Å²) in [6.45, 7) is 7.88. The van der Waals surface area contributed by atoms with Crippen LogP contribution in [0.2, 0.25) is 5.02 Å². The Labute approximate surface area is 147 Å². The third kappa shape index (κ3) is 4.41. The summed E-state index contributed by atoms with van der Waals surface area (Å²) in [6.07, 6.45) is 0.182. The molecule has 0 unspecified atom stereocenters. The zero-order valence-corrected chi connectivity index (χ0v) is 15.3. The molecule has 0 spiro atoms. The van der Waals surface area contributed by atoms with E-state index in [1.165, 1.54) is 4.90 Å². The SMILES string of the molecule is CCOC(=O)[C@@H]1[C@@H](c2ccc(Cl)cc2)CCN1C(=O)OC(C)(C)C. The van der Waals surface area contributed by atoms with Gasteiger partial charge < -0.3 is 9.47 Å². The molecular weight excluding hydrogens is 330 g/mol. The van der Waals surface area contributed by atoms with Crippen molar-refractivity contribution in [2.75, 3.05) is 13.2 Å². The smallest absolute Gasteiger partial charge is 0.411 e. The van der Waals surface area contributed by atoms with Crippen LogP contribution in [0.1, 0.15) is 45.6 Å². The molecule has 1 saturated heterocycles. The summed E-state index contributed by atoms with van der Waals surface area (Å²) in [4.78, 5) is 26.4. The van der Waals surface area contributed by atoms with E-state index in [0.29, 0.717) is 18.0 Å². The molecule has 0 bridgehead atoms. The second-order valence-corrected chi connectivity index (χ2v) is 7.25. The molecule has 1 aromatic carbocycles. The Morgan fingerprint density at radius 2 is 1.88 bits per heavy atom. The highest BCUT2D eigenvalue weighted by Crippen LogP contribution is 2.35. The molecule has 0 aromatic heterocycles. The van der Waals surface area contributed by atoms with Crippen LogP contribution < -0.4 is 0 Å². The lowest BCUT2D eigenvalue weighted by molar-refractivity contribution is -0.148. The number of hydrogen-bond donors (Lipinski definition) is 0. The number of carbonyl (C=O) groups is 2. The van der Waals surface area contributed by atoms with Crippen molar-refractivity contribution in [1.82, 2.24) is 4.90 Å². The molecule has 5 nitrogen and oxygen atoms in total. The Bertz CT molecular complexity index is 594. The Morgan fingerprint density at radius 1 is 1.25 bits per heavy atom. The molecule has 0 saturated carbocycles. The minimum Gasteiger partial charge on any atom is -0.464 e. The number of halogens is 1. The van der Waals surface area contributed by atoms with Crippen molar-refractivity contribution >= 4 is 23.7 Å². The maximum absolute atomic E-state index is 12.5. The van der Waals surface area contributed by atoms with Crippen LogP contribution in [0.3, 0.4) is 0 Å². The molecule has 1 aliphatic heterocycles. The third-order valence-corrected chi connectivity index (χ3v) is 4.10. The van der Waals surface area contributed by atoms with Gasteiger partial charge in [-0.25, -0.2) is 9.59 Å². The van der Waals surface area contributed by atoms with Gasteiger partial charge in [-0.1, -0.05) is 23.7 Å². The van der Waals surface area contributed by atoms with Gasteiger partial charge in [0, 0.05) is 17.5 Å². The first kappa shape index (κ1) is 18.6. The van der Waals surface area contributed by atoms with E-state index in [2.05, 4.69) is 0 Å². The summed E-state index contributed by atoms with van der Waals surface area (Å²) in [7, 11) is 0. The Hall–Kier alpha value is -1.75. The second kappa shape index (κ2) is 7.43. The first-order valence-corrected chi connectivity index (χ1v) is 8.52. The quantitative estimate of drug-likeness (QED) is 0.771. The number of likely N-dealkylation sites (tertiary alicyclic amines) is 1. The third-order valence-electron chi connectivity index (χ3n) is 3.85. The Morgan fingerprint density at radius 3 is 2.42 bits per heavy atom. The number of nitrogens with zero attached hydrogens (tertiary/aromatic N) is 1. The largest absolute Gasteiger partial charge is 0.464 e. The standard InChI is InChI=1S/C18H24ClNO4/c1-5-23-16(21)15-14(12-6-8-13(19)9-7-12)10-11-20(15)17(22)24-18(2,3)4/h6-9,14-15H,5,10-11H2,1-4H3/t14-,15+/m1/s1. The van der Waals surface area contributed by atoms with E-state index in [1.54, 1.807) is 39.8 Å². The summed E-state index contributed by atoms with van der Waals surface area (Å²) in [5.74, 6) is -0.533. The molecule has 1 heterocycles. The highest BCUT2D eigenvalue weighted by Gasteiger charge is 2.45. The fourth-order valence-corrected chi connectivity index (χ4v) is 3.02. The van der Waals surface area contributed by atoms with Crippen LogP contribution in [-0.4, -0.2) is 41.8 Å². The monoisotopic (exact) mass is 353 g/mol. The lowest BCUT2D eigenvalue weighted by atomic mass is 9.92. The minimum atomic E-state index is -0.680. The van der Waals surface area contributed by atoms with Gasteiger partial charge in [0.15, 0.2) is 0 Å². The van der Waals surface area contributed by atoms with Gasteiger partial charge in [0.25, 0.3) is 0 Å². The zero-order chi connectivity index (χ0) is 17.9. The van der Waals surface area contributed by atoms with E-state index in [9.17, 15) is 9.59 Å². The molecule has 0 N–H and O–H groups in total. The van der Waals surface area contributed by atoms with Gasteiger partial charge in [-0.15, -0.1) is 0 Å². The number of esters is 1. The van der Waals surface area contributed by atoms with Crippen molar-refractivity contribution in [3.8, 4) is 0 Å². The molecular formula is C18H24ClNO4. The van der Waals surface area contributed by atoms with Crippen molar-refractivity contribution < 1.29 is 19.1 Å². The minimum absolute atomic E-state index is 0.131. The van der Waals surface area contributed by atoms with Crippen LogP contribution in [0, 0.1) is 0 Å². The predicted octanol–water partition coefficient (Wildman–Crippen LogP) is 4.00. The van der Waals surface area contributed by atoms with E-state index in [1.807, 2.05) is 12.1 Å². The molecule has 1 aromatic rings. The average Bonchev–Trinajstić information content (AvgIpc) is 2.91. The van der Waals surface area contributed by atoms with Crippen molar-refractivity contribution in [2.24, 2.45) is 0 Å². The number of ether oxygens (including phenoxy) is 2. The summed E-state index contributed by atoms with van der Waals surface area (Å²) >= 11 is 5.94. The van der Waals surface area contributed by atoms with Gasteiger partial charge >= 0.3 is 12.1 Å². The molecule has 24 heavy (non-hydrogen) atoms. The van der Waals surface area contributed by atoms with Crippen LogP contribution in [0.5, 0.6) is 0 Å². The summed E-state index contributed by atoms with van der Waals surface area (Å²) < 4.78 is 10.6. The number of benzene rings is 1. The van der Waals surface area contributed by atoms with Crippen LogP contribution in [0.4, 0.5) is 4.79 Å². The number of amides is 1. The van der Waals surface area contributed by atoms with E-state index >= 15 is 0 Å². The van der Waals surface area contributed by atoms with Crippen LogP contribution in [0.15, 0.2) is 24.3 Å². The molecule has 1 aliphatic rings. The Balaban J connectivity index is 2.27. The van der Waals surface area contributed by atoms with Crippen LogP contribution in [0.25, 0.3) is 0 Å². The molecule has 2 atom stereocenters. The lowest BCUT2D eigenvalue weighted by Crippen LogP contribution is -2.45. The maximum atomic E-state index is 12.5. The fraction of sp³-hybridized carbons (Fsp3) is 0.556. The summed E-state index contributed by atoms with van der Waals surface area (Å²) in [5.41, 5.74) is 0.345. The first-order valence-electron chi connectivity index (χ1n) is 8.14. The number of rotatable bonds is 3. The van der Waals surface area contributed by atoms with E-state index in [-0.39, 0.29) is 12.5 Å². The second-order valence-electron chi connectivity index (χ2n) is 6.82. The van der Waals surface area contributed by atoms with E-state index in [0.717, 1.165) is 5.56 Å². The van der Waals surface area contributed by atoms with Gasteiger partial charge in [-0.05, 0) is 51.8 Å². The van der Waals surface area contributed by atoms with Crippen LogP contribution in [-0.2, 0) is 14.3 Å². The van der Waals surface area contributed by atoms with Crippen molar-refractivity contribution in [1.29, 1.82) is 0 Å². The molecule has 0 radical (unpaired) electrons. The highest BCUT2D eigenvalue weighted by atomic mass is 35.5. The highest BCUT2D eigenvalue weighted by molar-refractivity contribution is 6.30. The number of hydrogen-bond acceptors (Lipinski definition) is 4. The van der Waals surface area contributed by atoms with Crippen LogP contribution >= 0.6 is 11.6 Å². The van der Waals surface area contributed by atoms with Gasteiger partial charge in [-0.3, -0.25) is 4.90 Å². The zero-order valence-electron chi connectivity index (χ0n) is 14.5. The molecule has 0 aliphatic carbocycles. The first-order chi connectivity index (χ1) is 11.2. The molecule has 132 valence electrons. The fourth-order valence-electron chi connectivity index (χ4n) is 2.90. The molecule has 1 amide bonds. The summed E-state index contributed by atoms with van der Waals surface area (Å²) in [5, 5.41) is 0.633.